The van der Waals surface area contributed by atoms with Gasteiger partial charge in [-0.05, 0) is 60.9 Å². The normalized spacial score (nSPS) is 14.2. The number of amides is 3. The number of aromatic nitrogens is 3. The highest BCUT2D eigenvalue weighted by Crippen LogP contribution is 2.32. The molecule has 1 aliphatic heterocycles. The number of aliphatic imine (C=N–C) groups is 1. The van der Waals surface area contributed by atoms with Crippen molar-refractivity contribution in [2.75, 3.05) is 30.2 Å². The van der Waals surface area contributed by atoms with E-state index in [2.05, 4.69) is 25.1 Å². The number of rotatable bonds is 10. The molecule has 240 valence electrons. The van der Waals surface area contributed by atoms with Gasteiger partial charge in [0.05, 0.1) is 30.8 Å². The number of halogens is 3. The first-order valence-electron chi connectivity index (χ1n) is 13.9. The molecule has 0 unspecified atom stereocenters. The second-order valence-electron chi connectivity index (χ2n) is 10.1. The van der Waals surface area contributed by atoms with Gasteiger partial charge in [-0.25, -0.2) is 14.5 Å². The molecule has 3 amide bonds. The van der Waals surface area contributed by atoms with Crippen LogP contribution in [-0.4, -0.2) is 58.2 Å². The Bertz CT molecular complexity index is 1760. The molecule has 1 N–H and O–H groups in total. The third-order valence-electron chi connectivity index (χ3n) is 6.77. The molecule has 0 atom stereocenters. The van der Waals surface area contributed by atoms with Gasteiger partial charge in [-0.15, -0.1) is 13.2 Å². The molecule has 0 spiro atoms. The van der Waals surface area contributed by atoms with Crippen molar-refractivity contribution in [3.8, 4) is 17.2 Å². The minimum atomic E-state index is -4.77. The Morgan fingerprint density at radius 3 is 2.52 bits per heavy atom. The molecular formula is C31H29F3N6O5S. The van der Waals surface area contributed by atoms with Crippen molar-refractivity contribution in [3.63, 3.8) is 0 Å². The van der Waals surface area contributed by atoms with Crippen LogP contribution >= 0.6 is 11.8 Å². The fraction of sp³-hybridized carbons (Fsp3) is 0.258. The highest BCUT2D eigenvalue weighted by molar-refractivity contribution is 8.15. The Hall–Kier alpha value is -4.89. The van der Waals surface area contributed by atoms with E-state index < -0.39 is 12.4 Å². The highest BCUT2D eigenvalue weighted by Gasteiger charge is 2.32. The number of hydrogen-bond acceptors (Lipinski definition) is 8. The summed E-state index contributed by atoms with van der Waals surface area (Å²) in [5, 5.41) is 7.42. The van der Waals surface area contributed by atoms with Crippen LogP contribution in [0.5, 0.6) is 11.5 Å². The first-order chi connectivity index (χ1) is 22.0. The maximum Gasteiger partial charge on any atom is 0.573 e. The Morgan fingerprint density at radius 2 is 1.80 bits per heavy atom. The number of ether oxygens (including phenoxy) is 3. The molecule has 0 bridgehead atoms. The number of methoxy groups -OCH3 is 2. The highest BCUT2D eigenvalue weighted by atomic mass is 32.2. The van der Waals surface area contributed by atoms with Crippen LogP contribution < -0.4 is 19.7 Å². The fourth-order valence-electron chi connectivity index (χ4n) is 4.69. The van der Waals surface area contributed by atoms with E-state index in [1.165, 1.54) is 59.0 Å². The largest absolute Gasteiger partial charge is 0.573 e. The van der Waals surface area contributed by atoms with Crippen LogP contribution in [0.3, 0.4) is 0 Å². The second kappa shape index (κ2) is 14.0. The molecule has 15 heteroatoms. The average molecular weight is 655 g/mol. The van der Waals surface area contributed by atoms with Gasteiger partial charge in [-0.3, -0.25) is 9.69 Å². The van der Waals surface area contributed by atoms with Crippen molar-refractivity contribution in [3.05, 3.63) is 89.5 Å². The van der Waals surface area contributed by atoms with Crippen molar-refractivity contribution in [2.45, 2.75) is 32.7 Å². The number of hydrogen-bond donors (Lipinski definition) is 1. The van der Waals surface area contributed by atoms with Gasteiger partial charge in [0.25, 0.3) is 0 Å². The van der Waals surface area contributed by atoms with Crippen molar-refractivity contribution < 1.29 is 37.0 Å². The quantitative estimate of drug-likeness (QED) is 0.219. The number of anilines is 2. The summed E-state index contributed by atoms with van der Waals surface area (Å²) in [6, 6.07) is 15.5. The molecule has 1 aromatic heterocycles. The van der Waals surface area contributed by atoms with Crippen LogP contribution in [-0.2, 0) is 29.0 Å². The standard InChI is InChI=1S/C31H29F3N6O5S/c1-19-4-5-21(16-43-2)25(14-19)40-28(41)17-46-30(40)37-29(42)36-22-8-6-20(26(15-22)44-3)7-13-27-35-18-39(38-27)23-9-11-24(12-10-23)45-31(32,33)34/h4-6,8-12,14-15,18H,7,13,16-17H2,1-3H3,(H,36,42). The van der Waals surface area contributed by atoms with Gasteiger partial charge in [0.1, 0.15) is 17.8 Å². The smallest absolute Gasteiger partial charge is 0.496 e. The minimum absolute atomic E-state index is 0.158. The molecular weight excluding hydrogens is 625 g/mol. The molecule has 1 fully saturated rings. The lowest BCUT2D eigenvalue weighted by atomic mass is 10.1. The predicted octanol–water partition coefficient (Wildman–Crippen LogP) is 6.08. The molecule has 5 rings (SSSR count). The second-order valence-corrected chi connectivity index (χ2v) is 11.0. The zero-order chi connectivity index (χ0) is 32.8. The Labute approximate surface area is 266 Å². The summed E-state index contributed by atoms with van der Waals surface area (Å²) in [5.41, 5.74) is 4.19. The maximum atomic E-state index is 12.9. The van der Waals surface area contributed by atoms with Crippen molar-refractivity contribution in [1.82, 2.24) is 14.8 Å². The van der Waals surface area contributed by atoms with Crippen LogP contribution in [0.1, 0.15) is 22.5 Å². The van der Waals surface area contributed by atoms with E-state index in [4.69, 9.17) is 9.47 Å². The summed E-state index contributed by atoms with van der Waals surface area (Å²) in [7, 11) is 3.09. The number of aryl methyl sites for hydroxylation is 3. The SMILES string of the molecule is COCc1ccc(C)cc1N1C(=O)CSC1=NC(=O)Nc1ccc(CCc2ncn(-c3ccc(OC(F)(F)F)cc3)n2)c(OC)c1. The number of nitrogens with zero attached hydrogens (tertiary/aromatic N) is 5. The van der Waals surface area contributed by atoms with E-state index in [1.54, 1.807) is 19.2 Å². The lowest BCUT2D eigenvalue weighted by Gasteiger charge is -2.20. The topological polar surface area (TPSA) is 120 Å². The first-order valence-corrected chi connectivity index (χ1v) is 14.9. The minimum Gasteiger partial charge on any atom is -0.496 e. The number of amidine groups is 1. The van der Waals surface area contributed by atoms with Crippen molar-refractivity contribution in [2.24, 2.45) is 4.99 Å². The number of benzene rings is 3. The Kier molecular flexibility index (Phi) is 9.92. The summed E-state index contributed by atoms with van der Waals surface area (Å²) in [6.07, 6.45) is -2.34. The summed E-state index contributed by atoms with van der Waals surface area (Å²) in [5.74, 6) is 0.690. The van der Waals surface area contributed by atoms with Gasteiger partial charge < -0.3 is 19.5 Å². The van der Waals surface area contributed by atoms with Gasteiger partial charge >= 0.3 is 12.4 Å². The van der Waals surface area contributed by atoms with Gasteiger partial charge in [-0.1, -0.05) is 30.0 Å². The summed E-state index contributed by atoms with van der Waals surface area (Å²) < 4.78 is 53.5. The van der Waals surface area contributed by atoms with E-state index in [9.17, 15) is 22.8 Å². The number of nitrogens with one attached hydrogen (secondary N) is 1. The van der Waals surface area contributed by atoms with Crippen LogP contribution in [0, 0.1) is 6.92 Å². The summed E-state index contributed by atoms with van der Waals surface area (Å²) in [6.45, 7) is 2.21. The molecule has 46 heavy (non-hydrogen) atoms. The van der Waals surface area contributed by atoms with E-state index >= 15 is 0 Å². The van der Waals surface area contributed by atoms with Gasteiger partial charge in [0.15, 0.2) is 11.0 Å². The maximum absolute atomic E-state index is 12.9. The van der Waals surface area contributed by atoms with Crippen LogP contribution in [0.2, 0.25) is 0 Å². The van der Waals surface area contributed by atoms with E-state index in [1.807, 2.05) is 31.2 Å². The third-order valence-corrected chi connectivity index (χ3v) is 7.70. The number of urea groups is 1. The van der Waals surface area contributed by atoms with E-state index in [0.717, 1.165) is 16.7 Å². The molecule has 1 aliphatic rings. The molecule has 2 heterocycles. The van der Waals surface area contributed by atoms with Crippen molar-refractivity contribution >= 4 is 40.2 Å². The van der Waals surface area contributed by atoms with Crippen LogP contribution in [0.25, 0.3) is 5.69 Å². The van der Waals surface area contributed by atoms with Crippen LogP contribution in [0.15, 0.2) is 72.0 Å². The van der Waals surface area contributed by atoms with E-state index in [0.29, 0.717) is 48.1 Å². The molecule has 0 aliphatic carbocycles. The van der Waals surface area contributed by atoms with Gasteiger partial charge in [0, 0.05) is 30.8 Å². The van der Waals surface area contributed by atoms with Gasteiger partial charge in [-0.2, -0.15) is 10.1 Å². The summed E-state index contributed by atoms with van der Waals surface area (Å²) >= 11 is 1.18. The molecule has 11 nitrogen and oxygen atoms in total. The third kappa shape index (κ3) is 8.03. The Morgan fingerprint density at radius 1 is 1.04 bits per heavy atom. The molecule has 4 aromatic rings. The lowest BCUT2D eigenvalue weighted by molar-refractivity contribution is -0.274. The monoisotopic (exact) mass is 654 g/mol. The predicted molar refractivity (Wildman–Crippen MR) is 167 cm³/mol. The van der Waals surface area contributed by atoms with Crippen molar-refractivity contribution in [1.29, 1.82) is 0 Å². The zero-order valence-electron chi connectivity index (χ0n) is 25.0. The molecule has 1 saturated heterocycles. The van der Waals surface area contributed by atoms with Gasteiger partial charge in [0.2, 0.25) is 5.91 Å². The molecule has 0 saturated carbocycles. The Balaban J connectivity index is 1.23. The van der Waals surface area contributed by atoms with E-state index in [-0.39, 0.29) is 22.6 Å². The number of alkyl halides is 3. The number of thioether (sulfide) groups is 1. The van der Waals surface area contributed by atoms with Crippen LogP contribution in [0.4, 0.5) is 29.3 Å². The first kappa shape index (κ1) is 32.5. The lowest BCUT2D eigenvalue weighted by Crippen LogP contribution is -2.31. The average Bonchev–Trinajstić information content (AvgIpc) is 3.63. The zero-order valence-corrected chi connectivity index (χ0v) is 25.8. The fourth-order valence-corrected chi connectivity index (χ4v) is 5.55. The molecule has 0 radical (unpaired) electrons. The number of carbonyl (C=O) groups is 2. The summed E-state index contributed by atoms with van der Waals surface area (Å²) in [4.78, 5) is 35.7. The molecule has 3 aromatic carbocycles. The number of carbonyl (C=O) groups excluding carboxylic acids is 2.